The molecule has 1 unspecified atom stereocenters. The lowest BCUT2D eigenvalue weighted by molar-refractivity contribution is -0.117. The SMILES string of the molecule is CC(C#N)Nc1ccc2c(c1)CC(=O)N2C. The molecule has 1 aliphatic heterocycles. The van der Waals surface area contributed by atoms with Crippen LogP contribution in [0.3, 0.4) is 0 Å². The molecule has 0 radical (unpaired) electrons. The Bertz CT molecular complexity index is 476. The fourth-order valence-corrected chi connectivity index (χ4v) is 1.84. The van der Waals surface area contributed by atoms with Gasteiger partial charge in [-0.1, -0.05) is 0 Å². The molecule has 4 nitrogen and oxygen atoms in total. The van der Waals surface area contributed by atoms with Gasteiger partial charge in [0.2, 0.25) is 5.91 Å². The normalized spacial score (nSPS) is 15.6. The zero-order valence-electron chi connectivity index (χ0n) is 9.32. The predicted molar refractivity (Wildman–Crippen MR) is 62.3 cm³/mol. The summed E-state index contributed by atoms with van der Waals surface area (Å²) in [5.74, 6) is 0.112. The maximum Gasteiger partial charge on any atom is 0.231 e. The van der Waals surface area contributed by atoms with Crippen molar-refractivity contribution >= 4 is 17.3 Å². The largest absolute Gasteiger partial charge is 0.370 e. The summed E-state index contributed by atoms with van der Waals surface area (Å²) in [5.41, 5.74) is 2.86. The molecule has 0 spiro atoms. The third-order valence-electron chi connectivity index (χ3n) is 2.73. The summed E-state index contributed by atoms with van der Waals surface area (Å²) in [5, 5.41) is 11.8. The predicted octanol–water partition coefficient (Wildman–Crippen LogP) is 1.53. The number of carbonyl (C=O) groups excluding carboxylic acids is 1. The number of rotatable bonds is 2. The second-order valence-electron chi connectivity index (χ2n) is 3.97. The van der Waals surface area contributed by atoms with Gasteiger partial charge in [-0.05, 0) is 30.7 Å². The van der Waals surface area contributed by atoms with Gasteiger partial charge in [-0.15, -0.1) is 0 Å². The summed E-state index contributed by atoms with van der Waals surface area (Å²) in [6.45, 7) is 1.80. The molecule has 0 fully saturated rings. The molecule has 0 saturated heterocycles. The van der Waals surface area contributed by atoms with Crippen molar-refractivity contribution in [3.63, 3.8) is 0 Å². The lowest BCUT2D eigenvalue weighted by Gasteiger charge is -2.12. The summed E-state index contributed by atoms with van der Waals surface area (Å²) in [6.07, 6.45) is 0.447. The molecular formula is C12H13N3O. The maximum absolute atomic E-state index is 11.5. The Morgan fingerprint density at radius 2 is 2.31 bits per heavy atom. The van der Waals surface area contributed by atoms with E-state index in [2.05, 4.69) is 11.4 Å². The molecule has 82 valence electrons. The summed E-state index contributed by atoms with van der Waals surface area (Å²) < 4.78 is 0. The fraction of sp³-hybridized carbons (Fsp3) is 0.333. The third-order valence-corrected chi connectivity index (χ3v) is 2.73. The Labute approximate surface area is 94.5 Å². The molecule has 16 heavy (non-hydrogen) atoms. The van der Waals surface area contributed by atoms with Crippen molar-refractivity contribution < 1.29 is 4.79 Å². The first kappa shape index (κ1) is 10.5. The van der Waals surface area contributed by atoms with E-state index in [1.54, 1.807) is 18.9 Å². The Balaban J connectivity index is 2.26. The van der Waals surface area contributed by atoms with E-state index in [9.17, 15) is 4.79 Å². The minimum atomic E-state index is -0.229. The Kier molecular flexibility index (Phi) is 2.53. The van der Waals surface area contributed by atoms with E-state index in [0.29, 0.717) is 6.42 Å². The highest BCUT2D eigenvalue weighted by molar-refractivity contribution is 6.01. The van der Waals surface area contributed by atoms with Crippen LogP contribution in [0.5, 0.6) is 0 Å². The first-order chi connectivity index (χ1) is 7.61. The zero-order chi connectivity index (χ0) is 11.7. The molecule has 1 aromatic rings. The number of nitrogens with zero attached hydrogens (tertiary/aromatic N) is 2. The van der Waals surface area contributed by atoms with Crippen molar-refractivity contribution in [1.29, 1.82) is 5.26 Å². The van der Waals surface area contributed by atoms with E-state index in [1.165, 1.54) is 0 Å². The molecular weight excluding hydrogens is 202 g/mol. The second kappa shape index (κ2) is 3.86. The van der Waals surface area contributed by atoms with E-state index in [0.717, 1.165) is 16.9 Å². The van der Waals surface area contributed by atoms with E-state index in [4.69, 9.17) is 5.26 Å². The number of benzene rings is 1. The van der Waals surface area contributed by atoms with Crippen molar-refractivity contribution in [2.24, 2.45) is 0 Å². The first-order valence-corrected chi connectivity index (χ1v) is 5.17. The Morgan fingerprint density at radius 3 is 3.00 bits per heavy atom. The van der Waals surface area contributed by atoms with Crippen LogP contribution in [0.15, 0.2) is 18.2 Å². The second-order valence-corrected chi connectivity index (χ2v) is 3.97. The molecule has 1 aromatic carbocycles. The zero-order valence-corrected chi connectivity index (χ0v) is 9.32. The van der Waals surface area contributed by atoms with Crippen LogP contribution in [-0.2, 0) is 11.2 Å². The topological polar surface area (TPSA) is 56.1 Å². The number of anilines is 2. The number of hydrogen-bond acceptors (Lipinski definition) is 3. The van der Waals surface area contributed by atoms with Crippen molar-refractivity contribution in [3.05, 3.63) is 23.8 Å². The van der Waals surface area contributed by atoms with Crippen LogP contribution in [0, 0.1) is 11.3 Å². The lowest BCUT2D eigenvalue weighted by Crippen LogP contribution is -2.20. The quantitative estimate of drug-likeness (QED) is 0.814. The standard InChI is InChI=1S/C12H13N3O/c1-8(7-13)14-10-3-4-11-9(5-10)6-12(16)15(11)2/h3-5,8,14H,6H2,1-2H3. The van der Waals surface area contributed by atoms with E-state index < -0.39 is 0 Å². The van der Waals surface area contributed by atoms with Crippen LogP contribution in [-0.4, -0.2) is 19.0 Å². The van der Waals surface area contributed by atoms with Gasteiger partial charge in [-0.3, -0.25) is 4.79 Å². The van der Waals surface area contributed by atoms with Crippen LogP contribution >= 0.6 is 0 Å². The first-order valence-electron chi connectivity index (χ1n) is 5.17. The van der Waals surface area contributed by atoms with Gasteiger partial charge in [0.15, 0.2) is 0 Å². The molecule has 0 aliphatic carbocycles. The number of nitrogens with one attached hydrogen (secondary N) is 1. The van der Waals surface area contributed by atoms with Crippen LogP contribution in [0.25, 0.3) is 0 Å². The van der Waals surface area contributed by atoms with Crippen LogP contribution < -0.4 is 10.2 Å². The summed E-state index contributed by atoms with van der Waals surface area (Å²) >= 11 is 0. The average Bonchev–Trinajstić information content (AvgIpc) is 2.54. The Hall–Kier alpha value is -2.02. The van der Waals surface area contributed by atoms with Gasteiger partial charge in [-0.25, -0.2) is 0 Å². The van der Waals surface area contributed by atoms with E-state index >= 15 is 0 Å². The summed E-state index contributed by atoms with van der Waals surface area (Å²) in [6, 6.07) is 7.62. The van der Waals surface area contributed by atoms with Gasteiger partial charge in [0.25, 0.3) is 0 Å². The Morgan fingerprint density at radius 1 is 1.56 bits per heavy atom. The van der Waals surface area contributed by atoms with Gasteiger partial charge in [0.05, 0.1) is 12.5 Å². The van der Waals surface area contributed by atoms with Crippen LogP contribution in [0.4, 0.5) is 11.4 Å². The molecule has 0 aromatic heterocycles. The average molecular weight is 215 g/mol. The highest BCUT2D eigenvalue weighted by atomic mass is 16.2. The molecule has 0 bridgehead atoms. The molecule has 0 saturated carbocycles. The number of amides is 1. The molecule has 4 heteroatoms. The highest BCUT2D eigenvalue weighted by Gasteiger charge is 2.23. The molecule has 1 amide bonds. The molecule has 1 aliphatic rings. The van der Waals surface area contributed by atoms with Crippen molar-refractivity contribution in [2.75, 3.05) is 17.3 Å². The number of fused-ring (bicyclic) bond motifs is 1. The molecule has 1 atom stereocenters. The van der Waals surface area contributed by atoms with Gasteiger partial charge >= 0.3 is 0 Å². The van der Waals surface area contributed by atoms with Crippen molar-refractivity contribution in [3.8, 4) is 6.07 Å². The maximum atomic E-state index is 11.5. The van der Waals surface area contributed by atoms with Gasteiger partial charge < -0.3 is 10.2 Å². The number of carbonyl (C=O) groups is 1. The van der Waals surface area contributed by atoms with Gasteiger partial charge in [0.1, 0.15) is 6.04 Å². The highest BCUT2D eigenvalue weighted by Crippen LogP contribution is 2.30. The minimum absolute atomic E-state index is 0.112. The molecule has 2 rings (SSSR count). The van der Waals surface area contributed by atoms with Crippen molar-refractivity contribution in [1.82, 2.24) is 0 Å². The van der Waals surface area contributed by atoms with E-state index in [1.807, 2.05) is 18.2 Å². The smallest absolute Gasteiger partial charge is 0.231 e. The van der Waals surface area contributed by atoms with Crippen molar-refractivity contribution in [2.45, 2.75) is 19.4 Å². The van der Waals surface area contributed by atoms with Crippen LogP contribution in [0.1, 0.15) is 12.5 Å². The van der Waals surface area contributed by atoms with E-state index in [-0.39, 0.29) is 11.9 Å². The summed E-state index contributed by atoms with van der Waals surface area (Å²) in [4.78, 5) is 13.1. The summed E-state index contributed by atoms with van der Waals surface area (Å²) in [7, 11) is 1.78. The third kappa shape index (κ3) is 1.72. The van der Waals surface area contributed by atoms with Crippen LogP contribution in [0.2, 0.25) is 0 Å². The minimum Gasteiger partial charge on any atom is -0.370 e. The molecule has 1 N–H and O–H groups in total. The number of nitriles is 1. The number of likely N-dealkylation sites (N-methyl/N-ethyl adjacent to an activating group) is 1. The fourth-order valence-electron chi connectivity index (χ4n) is 1.84. The number of hydrogen-bond donors (Lipinski definition) is 1. The van der Waals surface area contributed by atoms with Gasteiger partial charge in [-0.2, -0.15) is 5.26 Å². The molecule has 1 heterocycles. The monoisotopic (exact) mass is 215 g/mol. The van der Waals surface area contributed by atoms with Gasteiger partial charge in [0, 0.05) is 18.4 Å². The lowest BCUT2D eigenvalue weighted by atomic mass is 10.1.